The average molecular weight is 487 g/mol. The molecule has 9 heteroatoms. The van der Waals surface area contributed by atoms with Gasteiger partial charge in [-0.15, -0.1) is 0 Å². The highest BCUT2D eigenvalue weighted by atomic mass is 35.5. The Morgan fingerprint density at radius 1 is 0.879 bits per heavy atom. The van der Waals surface area contributed by atoms with E-state index in [-0.39, 0.29) is 30.2 Å². The van der Waals surface area contributed by atoms with E-state index in [1.807, 2.05) is 30.3 Å². The molecule has 0 bridgehead atoms. The van der Waals surface area contributed by atoms with Gasteiger partial charge in [0.15, 0.2) is 0 Å². The summed E-state index contributed by atoms with van der Waals surface area (Å²) in [6.07, 6.45) is 0.252. The topological polar surface area (TPSA) is 113 Å². The fourth-order valence-corrected chi connectivity index (χ4v) is 4.64. The minimum atomic E-state index is -4.04. The second-order valence-electron chi connectivity index (χ2n) is 7.28. The third kappa shape index (κ3) is 6.64. The molecule has 3 aromatic rings. The number of hydrogen-bond donors (Lipinski definition) is 3. The number of rotatable bonds is 10. The lowest BCUT2D eigenvalue weighted by atomic mass is 10.1. The first-order valence-electron chi connectivity index (χ1n) is 10.2. The molecule has 1 amide bonds. The predicted molar refractivity (Wildman–Crippen MR) is 127 cm³/mol. The SMILES string of the molecule is O=C(NCCC[C@H](NS(=O)(=O)c1ccc(-c2ccccc2)cc1)C(=O)O)c1ccccc1Cl. The van der Waals surface area contributed by atoms with E-state index in [2.05, 4.69) is 10.0 Å². The highest BCUT2D eigenvalue weighted by Crippen LogP contribution is 2.21. The number of carboxylic acids is 1. The molecule has 0 fully saturated rings. The first-order valence-corrected chi connectivity index (χ1v) is 12.1. The van der Waals surface area contributed by atoms with E-state index in [1.165, 1.54) is 12.1 Å². The number of aliphatic carboxylic acids is 1. The molecule has 0 unspecified atom stereocenters. The summed E-state index contributed by atoms with van der Waals surface area (Å²) in [5.74, 6) is -1.68. The molecular formula is C24H23ClN2O5S. The molecule has 1 atom stereocenters. The maximum Gasteiger partial charge on any atom is 0.321 e. The van der Waals surface area contributed by atoms with E-state index in [0.29, 0.717) is 10.6 Å². The maximum absolute atomic E-state index is 12.7. The van der Waals surface area contributed by atoms with Crippen molar-refractivity contribution in [3.8, 4) is 11.1 Å². The van der Waals surface area contributed by atoms with Crippen molar-refractivity contribution < 1.29 is 23.1 Å². The van der Waals surface area contributed by atoms with Gasteiger partial charge in [-0.25, -0.2) is 8.42 Å². The maximum atomic E-state index is 12.7. The van der Waals surface area contributed by atoms with Crippen LogP contribution in [0.25, 0.3) is 11.1 Å². The van der Waals surface area contributed by atoms with Gasteiger partial charge in [0.05, 0.1) is 15.5 Å². The highest BCUT2D eigenvalue weighted by Gasteiger charge is 2.25. The Balaban J connectivity index is 1.58. The summed E-state index contributed by atoms with van der Waals surface area (Å²) in [6, 6.07) is 20.9. The second-order valence-corrected chi connectivity index (χ2v) is 9.40. The first kappa shape index (κ1) is 24.4. The second kappa shape index (κ2) is 11.1. The minimum Gasteiger partial charge on any atom is -0.480 e. The molecule has 33 heavy (non-hydrogen) atoms. The number of hydrogen-bond acceptors (Lipinski definition) is 4. The van der Waals surface area contributed by atoms with Crippen molar-refractivity contribution >= 4 is 33.5 Å². The number of amides is 1. The van der Waals surface area contributed by atoms with Crippen molar-refractivity contribution in [2.45, 2.75) is 23.8 Å². The number of carbonyl (C=O) groups excluding carboxylic acids is 1. The fourth-order valence-electron chi connectivity index (χ4n) is 3.19. The smallest absolute Gasteiger partial charge is 0.321 e. The molecular weight excluding hydrogens is 464 g/mol. The van der Waals surface area contributed by atoms with Gasteiger partial charge in [-0.05, 0) is 48.2 Å². The van der Waals surface area contributed by atoms with E-state index in [0.717, 1.165) is 11.1 Å². The van der Waals surface area contributed by atoms with Gasteiger partial charge >= 0.3 is 5.97 Å². The number of nitrogens with one attached hydrogen (secondary N) is 2. The Labute approximate surface area is 197 Å². The molecule has 0 aromatic heterocycles. The van der Waals surface area contributed by atoms with E-state index in [9.17, 15) is 23.1 Å². The van der Waals surface area contributed by atoms with Crippen LogP contribution >= 0.6 is 11.6 Å². The Morgan fingerprint density at radius 2 is 1.48 bits per heavy atom. The molecule has 172 valence electrons. The Morgan fingerprint density at radius 3 is 2.12 bits per heavy atom. The fraction of sp³-hybridized carbons (Fsp3) is 0.167. The summed E-state index contributed by atoms with van der Waals surface area (Å²) in [6.45, 7) is 0.168. The van der Waals surface area contributed by atoms with Gasteiger partial charge in [-0.3, -0.25) is 9.59 Å². The number of carboxylic acid groups (broad SMARTS) is 1. The highest BCUT2D eigenvalue weighted by molar-refractivity contribution is 7.89. The van der Waals surface area contributed by atoms with Gasteiger partial charge in [-0.2, -0.15) is 4.72 Å². The largest absolute Gasteiger partial charge is 0.480 e. The van der Waals surface area contributed by atoms with Crippen molar-refractivity contribution in [1.82, 2.24) is 10.0 Å². The molecule has 7 nitrogen and oxygen atoms in total. The van der Waals surface area contributed by atoms with Crippen LogP contribution in [0.3, 0.4) is 0 Å². The molecule has 3 aromatic carbocycles. The summed E-state index contributed by atoms with van der Waals surface area (Å²) < 4.78 is 27.6. The lowest BCUT2D eigenvalue weighted by Gasteiger charge is -2.15. The van der Waals surface area contributed by atoms with E-state index in [4.69, 9.17) is 11.6 Å². The quantitative estimate of drug-likeness (QED) is 0.375. The van der Waals surface area contributed by atoms with Crippen LogP contribution in [0.4, 0.5) is 0 Å². The van der Waals surface area contributed by atoms with Crippen LogP contribution in [0.1, 0.15) is 23.2 Å². The molecule has 0 saturated carbocycles. The summed E-state index contributed by atoms with van der Waals surface area (Å²) in [4.78, 5) is 23.7. The zero-order valence-electron chi connectivity index (χ0n) is 17.6. The van der Waals surface area contributed by atoms with Crippen LogP contribution in [-0.2, 0) is 14.8 Å². The van der Waals surface area contributed by atoms with Crippen molar-refractivity contribution in [2.24, 2.45) is 0 Å². The number of halogens is 1. The zero-order chi connectivity index (χ0) is 23.8. The normalized spacial score (nSPS) is 12.2. The Hall–Kier alpha value is -3.20. The summed E-state index contributed by atoms with van der Waals surface area (Å²) in [5, 5.41) is 12.4. The van der Waals surface area contributed by atoms with Crippen LogP contribution in [0.15, 0.2) is 83.8 Å². The molecule has 0 aliphatic heterocycles. The number of sulfonamides is 1. The molecule has 0 saturated heterocycles. The lowest BCUT2D eigenvalue weighted by Crippen LogP contribution is -2.41. The van der Waals surface area contributed by atoms with Crippen LogP contribution in [-0.4, -0.2) is 38.0 Å². The third-order valence-electron chi connectivity index (χ3n) is 4.94. The predicted octanol–water partition coefficient (Wildman–Crippen LogP) is 3.95. The van der Waals surface area contributed by atoms with Crippen molar-refractivity contribution in [3.63, 3.8) is 0 Å². The molecule has 3 N–H and O–H groups in total. The van der Waals surface area contributed by atoms with Crippen molar-refractivity contribution in [2.75, 3.05) is 6.54 Å². The van der Waals surface area contributed by atoms with Crippen molar-refractivity contribution in [1.29, 1.82) is 0 Å². The molecule has 0 aliphatic carbocycles. The van der Waals surface area contributed by atoms with Gasteiger partial charge in [-0.1, -0.05) is 66.2 Å². The standard InChI is InChI=1S/C24H23ClN2O5S/c25-21-10-5-4-9-20(21)23(28)26-16-6-11-22(24(29)30)27-33(31,32)19-14-12-18(13-15-19)17-7-2-1-3-8-17/h1-5,7-10,12-15,22,27H,6,11,16H2,(H,26,28)(H,29,30)/t22-/m0/s1. The van der Waals surface area contributed by atoms with E-state index in [1.54, 1.807) is 36.4 Å². The number of carbonyl (C=O) groups is 2. The third-order valence-corrected chi connectivity index (χ3v) is 6.76. The lowest BCUT2D eigenvalue weighted by molar-refractivity contribution is -0.139. The molecule has 0 aliphatic rings. The summed E-state index contributed by atoms with van der Waals surface area (Å²) >= 11 is 5.98. The average Bonchev–Trinajstić information content (AvgIpc) is 2.81. The monoisotopic (exact) mass is 486 g/mol. The minimum absolute atomic E-state index is 0.000532. The Bertz CT molecular complexity index is 1220. The van der Waals surface area contributed by atoms with Crippen LogP contribution in [0.5, 0.6) is 0 Å². The first-order chi connectivity index (χ1) is 15.8. The van der Waals surface area contributed by atoms with Gasteiger partial charge in [0.2, 0.25) is 10.0 Å². The van der Waals surface area contributed by atoms with Crippen LogP contribution in [0.2, 0.25) is 5.02 Å². The van der Waals surface area contributed by atoms with Crippen LogP contribution in [0, 0.1) is 0 Å². The molecule has 0 spiro atoms. The Kier molecular flexibility index (Phi) is 8.21. The van der Waals surface area contributed by atoms with Gasteiger partial charge < -0.3 is 10.4 Å². The zero-order valence-corrected chi connectivity index (χ0v) is 19.1. The molecule has 0 radical (unpaired) electrons. The van der Waals surface area contributed by atoms with Crippen molar-refractivity contribution in [3.05, 3.63) is 89.4 Å². The number of benzene rings is 3. The summed E-state index contributed by atoms with van der Waals surface area (Å²) in [5.41, 5.74) is 2.10. The van der Waals surface area contributed by atoms with Gasteiger partial charge in [0.25, 0.3) is 5.91 Å². The van der Waals surface area contributed by atoms with E-state index < -0.39 is 22.0 Å². The molecule has 0 heterocycles. The van der Waals surface area contributed by atoms with E-state index >= 15 is 0 Å². The van der Waals surface area contributed by atoms with Gasteiger partial charge in [0, 0.05) is 6.54 Å². The molecule has 3 rings (SSSR count). The summed E-state index contributed by atoms with van der Waals surface area (Å²) in [7, 11) is -4.04. The van der Waals surface area contributed by atoms with Gasteiger partial charge in [0.1, 0.15) is 6.04 Å². The van der Waals surface area contributed by atoms with Crippen LogP contribution < -0.4 is 10.0 Å².